The fraction of sp³-hybridized carbons (Fsp3) is 0.0526. The van der Waals surface area contributed by atoms with E-state index in [2.05, 4.69) is 146 Å². The van der Waals surface area contributed by atoms with Crippen LogP contribution in [0.15, 0.2) is 161 Å². The molecular formula is C38H30S2. The summed E-state index contributed by atoms with van der Waals surface area (Å²) in [5, 5.41) is 0. The Kier molecular flexibility index (Phi) is 7.38. The Morgan fingerprint density at radius 3 is 1.15 bits per heavy atom. The van der Waals surface area contributed by atoms with Crippen LogP contribution in [0.4, 0.5) is 0 Å². The lowest BCUT2D eigenvalue weighted by Crippen LogP contribution is -2.25. The van der Waals surface area contributed by atoms with Crippen LogP contribution in [-0.4, -0.2) is 0 Å². The topological polar surface area (TPSA) is 0 Å². The number of hydrogen-bond donors (Lipinski definition) is 2. The summed E-state index contributed by atoms with van der Waals surface area (Å²) in [6.07, 6.45) is 0. The van der Waals surface area contributed by atoms with Crippen molar-refractivity contribution in [3.8, 4) is 33.4 Å². The highest BCUT2D eigenvalue weighted by molar-refractivity contribution is 7.80. The Balaban J connectivity index is 1.55. The van der Waals surface area contributed by atoms with Gasteiger partial charge in [-0.05, 0) is 81.3 Å². The fourth-order valence-corrected chi connectivity index (χ4v) is 6.05. The van der Waals surface area contributed by atoms with Crippen LogP contribution in [0.25, 0.3) is 33.4 Å². The Bertz CT molecular complexity index is 1650. The molecule has 6 rings (SSSR count). The van der Waals surface area contributed by atoms with Crippen molar-refractivity contribution in [3.63, 3.8) is 0 Å². The minimum atomic E-state index is -0.425. The molecule has 40 heavy (non-hydrogen) atoms. The smallest absolute Gasteiger partial charge is 0.0423 e. The van der Waals surface area contributed by atoms with Gasteiger partial charge in [0.05, 0.1) is 0 Å². The first kappa shape index (κ1) is 26.3. The Morgan fingerprint density at radius 1 is 0.375 bits per heavy atom. The van der Waals surface area contributed by atoms with E-state index in [1.54, 1.807) is 0 Å². The molecule has 0 aliphatic heterocycles. The van der Waals surface area contributed by atoms with Crippen LogP contribution in [0, 0.1) is 0 Å². The average molecular weight is 551 g/mol. The van der Waals surface area contributed by atoms with Crippen molar-refractivity contribution < 1.29 is 0 Å². The molecule has 0 unspecified atom stereocenters. The quantitative estimate of drug-likeness (QED) is 0.150. The summed E-state index contributed by atoms with van der Waals surface area (Å²) in [5.41, 5.74) is 10.2. The molecule has 0 radical (unpaired) electrons. The molecule has 194 valence electrons. The second-order valence-corrected chi connectivity index (χ2v) is 11.2. The minimum Gasteiger partial charge on any atom is -0.143 e. The van der Waals surface area contributed by atoms with Crippen molar-refractivity contribution in [2.75, 3.05) is 0 Å². The number of benzene rings is 6. The second-order valence-electron chi connectivity index (χ2n) is 10.3. The maximum absolute atomic E-state index is 4.85. The van der Waals surface area contributed by atoms with Crippen LogP contribution in [-0.2, 0) is 5.41 Å². The van der Waals surface area contributed by atoms with Gasteiger partial charge in [0.2, 0.25) is 0 Å². The van der Waals surface area contributed by atoms with Gasteiger partial charge < -0.3 is 0 Å². The first-order chi connectivity index (χ1) is 19.5. The van der Waals surface area contributed by atoms with E-state index in [9.17, 15) is 0 Å². The molecule has 0 heterocycles. The predicted molar refractivity (Wildman–Crippen MR) is 176 cm³/mol. The number of hydrogen-bond acceptors (Lipinski definition) is 2. The molecule has 0 saturated carbocycles. The van der Waals surface area contributed by atoms with E-state index in [0.717, 1.165) is 32.0 Å². The second kappa shape index (κ2) is 11.3. The lowest BCUT2D eigenvalue weighted by Gasteiger charge is -2.33. The third-order valence-electron chi connectivity index (χ3n) is 7.89. The fourth-order valence-electron chi connectivity index (χ4n) is 5.52. The summed E-state index contributed by atoms with van der Waals surface area (Å²) in [7, 11) is 0. The molecule has 0 bridgehead atoms. The van der Waals surface area contributed by atoms with Crippen molar-refractivity contribution in [1.82, 2.24) is 0 Å². The van der Waals surface area contributed by atoms with E-state index in [1.807, 2.05) is 12.1 Å². The maximum Gasteiger partial charge on any atom is 0.0423 e. The summed E-state index contributed by atoms with van der Waals surface area (Å²) in [4.78, 5) is 1.93. The van der Waals surface area contributed by atoms with Crippen LogP contribution >= 0.6 is 25.3 Å². The average Bonchev–Trinajstić information content (AvgIpc) is 3.02. The molecule has 0 aliphatic rings. The molecule has 0 fully saturated rings. The van der Waals surface area contributed by atoms with Crippen LogP contribution < -0.4 is 0 Å². The highest BCUT2D eigenvalue weighted by atomic mass is 32.1. The number of rotatable bonds is 6. The maximum atomic E-state index is 4.85. The van der Waals surface area contributed by atoms with Crippen LogP contribution in [0.1, 0.15) is 23.6 Å². The lowest BCUT2D eigenvalue weighted by atomic mass is 9.70. The summed E-state index contributed by atoms with van der Waals surface area (Å²) in [6, 6.07) is 53.9. The highest BCUT2D eigenvalue weighted by Gasteiger charge is 2.32. The first-order valence-corrected chi connectivity index (χ1v) is 14.4. The van der Waals surface area contributed by atoms with Gasteiger partial charge in [0.15, 0.2) is 0 Å². The molecular weight excluding hydrogens is 521 g/mol. The highest BCUT2D eigenvalue weighted by Crippen LogP contribution is 2.44. The van der Waals surface area contributed by atoms with Gasteiger partial charge in [0.1, 0.15) is 0 Å². The van der Waals surface area contributed by atoms with E-state index in [-0.39, 0.29) is 0 Å². The predicted octanol–water partition coefficient (Wildman–Crippen LogP) is 10.6. The molecule has 2 heteroatoms. The van der Waals surface area contributed by atoms with Crippen molar-refractivity contribution in [1.29, 1.82) is 0 Å². The summed E-state index contributed by atoms with van der Waals surface area (Å²) in [6.45, 7) is 2.33. The molecule has 0 nitrogen and oxygen atoms in total. The normalized spacial score (nSPS) is 11.4. The van der Waals surface area contributed by atoms with Crippen molar-refractivity contribution >= 4 is 25.3 Å². The van der Waals surface area contributed by atoms with E-state index < -0.39 is 5.41 Å². The molecule has 6 aromatic carbocycles. The SMILES string of the molecule is CC(c1ccc(-c2ccccc2)cc1)(c1ccc(S)c(-c2ccccc2)c1)c1ccc(S)c(-c2ccccc2)c1. The Hall–Kier alpha value is -3.98. The molecule has 0 spiro atoms. The van der Waals surface area contributed by atoms with E-state index in [4.69, 9.17) is 25.3 Å². The van der Waals surface area contributed by atoms with Gasteiger partial charge in [-0.25, -0.2) is 0 Å². The third kappa shape index (κ3) is 5.01. The van der Waals surface area contributed by atoms with Gasteiger partial charge in [-0.15, -0.1) is 25.3 Å². The Morgan fingerprint density at radius 2 is 0.725 bits per heavy atom. The van der Waals surface area contributed by atoms with E-state index >= 15 is 0 Å². The monoisotopic (exact) mass is 550 g/mol. The molecule has 0 aromatic heterocycles. The zero-order valence-corrected chi connectivity index (χ0v) is 24.1. The van der Waals surface area contributed by atoms with Gasteiger partial charge in [-0.1, -0.05) is 127 Å². The first-order valence-electron chi connectivity index (χ1n) is 13.5. The van der Waals surface area contributed by atoms with Gasteiger partial charge in [0, 0.05) is 15.2 Å². The zero-order chi connectivity index (χ0) is 27.5. The van der Waals surface area contributed by atoms with Crippen LogP contribution in [0.2, 0.25) is 0 Å². The molecule has 0 amide bonds. The summed E-state index contributed by atoms with van der Waals surface area (Å²) >= 11 is 9.70. The van der Waals surface area contributed by atoms with Crippen molar-refractivity contribution in [2.24, 2.45) is 0 Å². The van der Waals surface area contributed by atoms with Gasteiger partial charge in [-0.3, -0.25) is 0 Å². The molecule has 6 aromatic rings. The third-order valence-corrected chi connectivity index (χ3v) is 8.67. The summed E-state index contributed by atoms with van der Waals surface area (Å²) < 4.78 is 0. The van der Waals surface area contributed by atoms with Crippen molar-refractivity contribution in [3.05, 3.63) is 168 Å². The van der Waals surface area contributed by atoms with Crippen LogP contribution in [0.3, 0.4) is 0 Å². The standard InChI is InChI=1S/C38H30S2/c1-38(31-19-17-28(18-20-31)27-11-5-2-6-12-27,32-21-23-36(39)34(25-32)29-13-7-3-8-14-29)33-22-24-37(40)35(26-33)30-15-9-4-10-16-30/h2-26,39-40H,1H3. The number of thiol groups is 2. The summed E-state index contributed by atoms with van der Waals surface area (Å²) in [5.74, 6) is 0. The Labute approximate surface area is 248 Å². The largest absolute Gasteiger partial charge is 0.143 e. The van der Waals surface area contributed by atoms with Crippen LogP contribution in [0.5, 0.6) is 0 Å². The lowest BCUT2D eigenvalue weighted by molar-refractivity contribution is 0.691. The van der Waals surface area contributed by atoms with Gasteiger partial charge in [0.25, 0.3) is 0 Å². The van der Waals surface area contributed by atoms with E-state index in [0.29, 0.717) is 0 Å². The molecule has 0 atom stereocenters. The molecule has 0 aliphatic carbocycles. The molecule has 0 saturated heterocycles. The van der Waals surface area contributed by atoms with Gasteiger partial charge in [-0.2, -0.15) is 0 Å². The minimum absolute atomic E-state index is 0.425. The zero-order valence-electron chi connectivity index (χ0n) is 22.3. The molecule has 0 N–H and O–H groups in total. The van der Waals surface area contributed by atoms with Gasteiger partial charge >= 0.3 is 0 Å². The van der Waals surface area contributed by atoms with Crippen molar-refractivity contribution in [2.45, 2.75) is 22.1 Å². The van der Waals surface area contributed by atoms with E-state index in [1.165, 1.54) is 27.8 Å².